The summed E-state index contributed by atoms with van der Waals surface area (Å²) in [5.74, 6) is 2.94. The lowest BCUT2D eigenvalue weighted by molar-refractivity contribution is 0.311. The van der Waals surface area contributed by atoms with Crippen LogP contribution in [-0.4, -0.2) is 192 Å². The van der Waals surface area contributed by atoms with Crippen molar-refractivity contribution in [2.24, 2.45) is 0 Å². The average molecular weight is 1420 g/mol. The summed E-state index contributed by atoms with van der Waals surface area (Å²) in [6.07, 6.45) is 7.09. The number of aromatic amines is 1. The first-order chi connectivity index (χ1) is 41.9. The molecule has 11 rings (SSSR count). The van der Waals surface area contributed by atoms with Crippen molar-refractivity contribution in [2.75, 3.05) is 153 Å². The molecule has 0 radical (unpaired) electrons. The van der Waals surface area contributed by atoms with E-state index < -0.39 is 0 Å². The zero-order valence-corrected chi connectivity index (χ0v) is 56.5. The van der Waals surface area contributed by atoms with Gasteiger partial charge in [0, 0.05) is 138 Å². The summed E-state index contributed by atoms with van der Waals surface area (Å²) in [5, 5.41) is 28.5. The Bertz CT molecular complexity index is 3560. The van der Waals surface area contributed by atoms with Gasteiger partial charge in [-0.15, -0.1) is 0 Å². The molecule has 0 unspecified atom stereocenters. The highest BCUT2D eigenvalue weighted by Gasteiger charge is 2.22. The number of benzene rings is 3. The summed E-state index contributed by atoms with van der Waals surface area (Å²) in [6, 6.07) is 21.9. The molecule has 7 aromatic rings. The van der Waals surface area contributed by atoms with Crippen molar-refractivity contribution in [3.8, 4) is 18.2 Å². The highest BCUT2D eigenvalue weighted by atomic mass is 127. The number of halogens is 5. The van der Waals surface area contributed by atoms with Gasteiger partial charge in [-0.3, -0.25) is 9.78 Å². The molecule has 0 amide bonds. The SMILES string of the molecule is CN1CCN(c2ncc(Sc3ccc(C#N)c(Cl)c3)c(=O)[nH]2)CC1.CN1CCN(c2ncc(Sc3ccc(C#N)c(Cl)c3)c(Cl)n2)CC1.Cc1nc(N2CCN(C)CC2)ncc1I.Cc1nc(N2CCN(C)CC2)ncc1Sc1ccc(C#N)c(Cl)c1. The van der Waals surface area contributed by atoms with Crippen LogP contribution in [0.1, 0.15) is 28.1 Å². The average Bonchev–Trinajstić information content (AvgIpc) is 3.58. The van der Waals surface area contributed by atoms with Crippen molar-refractivity contribution < 1.29 is 0 Å². The number of anilines is 4. The van der Waals surface area contributed by atoms with Gasteiger partial charge in [0.2, 0.25) is 23.8 Å². The fourth-order valence-electron chi connectivity index (χ4n) is 8.83. The molecule has 0 aliphatic carbocycles. The zero-order chi connectivity index (χ0) is 62.1. The lowest BCUT2D eigenvalue weighted by Gasteiger charge is -2.32. The number of nitrogens with zero attached hydrogens (tertiary/aromatic N) is 18. The van der Waals surface area contributed by atoms with Crippen LogP contribution in [0.5, 0.6) is 0 Å². The fraction of sp³-hybridized carbons (Fsp3) is 0.373. The van der Waals surface area contributed by atoms with Crippen molar-refractivity contribution in [1.29, 1.82) is 15.8 Å². The van der Waals surface area contributed by atoms with Gasteiger partial charge in [-0.1, -0.05) is 81.7 Å². The Morgan fingerprint density at radius 1 is 0.460 bits per heavy atom. The van der Waals surface area contributed by atoms with Gasteiger partial charge >= 0.3 is 0 Å². The molecular weight excluding hydrogens is 1360 g/mol. The summed E-state index contributed by atoms with van der Waals surface area (Å²) in [5.41, 5.74) is 3.19. The molecular formula is C59H64Cl4IN19OS3. The maximum atomic E-state index is 12.3. The number of nitriles is 3. The van der Waals surface area contributed by atoms with Crippen molar-refractivity contribution in [3.05, 3.63) is 142 Å². The Morgan fingerprint density at radius 3 is 1.17 bits per heavy atom. The third-order valence-electron chi connectivity index (χ3n) is 14.3. The summed E-state index contributed by atoms with van der Waals surface area (Å²) >= 11 is 31.0. The second-order valence-electron chi connectivity index (χ2n) is 20.7. The van der Waals surface area contributed by atoms with E-state index in [1.165, 1.54) is 23.5 Å². The molecule has 4 aromatic heterocycles. The van der Waals surface area contributed by atoms with Gasteiger partial charge in [-0.2, -0.15) is 20.8 Å². The molecule has 28 heteroatoms. The van der Waals surface area contributed by atoms with Crippen LogP contribution in [0.15, 0.2) is 114 Å². The van der Waals surface area contributed by atoms with Crippen LogP contribution in [0, 0.1) is 51.4 Å². The standard InChI is InChI=1S/C17H18ClN5S.C16H15Cl2N5S.C16H16ClN5OS.C10H15IN4/c1-12-16(24-14-4-3-13(10-19)15(18)9-14)11-20-17(21-12)23-7-5-22(2)6-8-23;1-22-4-6-23(7-5-22)16-20-10-14(15(18)21-16)24-12-3-2-11(9-19)13(17)8-12;1-21-4-6-22(7-5-21)16-19-10-14(15(23)20-16)24-12-3-2-11(9-18)13(17)8-12;1-8-9(11)7-12-10(13-8)15-5-3-14(2)4-6-15/h3-4,9,11H,5-8H2,1-2H3;2-3,8,10H,4-7H2,1H3;2-3,8,10H,4-7H2,1H3,(H,19,20,23);7H,3-6H2,1-2H3. The molecule has 0 spiro atoms. The molecule has 20 nitrogen and oxygen atoms in total. The number of likely N-dealkylation sites (N-methyl/N-ethyl adjacent to an activating group) is 4. The maximum absolute atomic E-state index is 12.3. The lowest BCUT2D eigenvalue weighted by atomic mass is 10.2. The number of hydrogen-bond acceptors (Lipinski definition) is 22. The van der Waals surface area contributed by atoms with Gasteiger partial charge in [-0.25, -0.2) is 29.9 Å². The van der Waals surface area contributed by atoms with Gasteiger partial charge in [0.1, 0.15) is 23.4 Å². The zero-order valence-electron chi connectivity index (χ0n) is 48.9. The Balaban J connectivity index is 0.000000153. The normalized spacial score (nSPS) is 15.8. The molecule has 1 N–H and O–H groups in total. The van der Waals surface area contributed by atoms with Gasteiger partial charge in [0.05, 0.1) is 67.6 Å². The smallest absolute Gasteiger partial charge is 0.266 e. The van der Waals surface area contributed by atoms with Crippen LogP contribution in [0.2, 0.25) is 20.2 Å². The van der Waals surface area contributed by atoms with Crippen LogP contribution in [0.25, 0.3) is 0 Å². The summed E-state index contributed by atoms with van der Waals surface area (Å²) in [6.45, 7) is 19.6. The lowest BCUT2D eigenvalue weighted by Crippen LogP contribution is -2.45. The fourth-order valence-corrected chi connectivity index (χ4v) is 12.7. The predicted octanol–water partition coefficient (Wildman–Crippen LogP) is 10.1. The van der Waals surface area contributed by atoms with Crippen LogP contribution in [0.4, 0.5) is 23.8 Å². The molecule has 4 saturated heterocycles. The van der Waals surface area contributed by atoms with E-state index in [-0.39, 0.29) is 5.56 Å². The van der Waals surface area contributed by atoms with Gasteiger partial charge < -0.3 is 39.2 Å². The second-order valence-corrected chi connectivity index (χ2v) is 26.8. The van der Waals surface area contributed by atoms with E-state index >= 15 is 0 Å². The van der Waals surface area contributed by atoms with Crippen LogP contribution >= 0.6 is 104 Å². The number of nitrogens with one attached hydrogen (secondary N) is 1. The molecule has 8 heterocycles. The topological polar surface area (TPSA) is 220 Å². The number of aryl methyl sites for hydroxylation is 2. The third kappa shape index (κ3) is 19.4. The summed E-state index contributed by atoms with van der Waals surface area (Å²) in [7, 11) is 8.47. The van der Waals surface area contributed by atoms with E-state index in [4.69, 9.17) is 62.2 Å². The minimum absolute atomic E-state index is 0.176. The number of piperazine rings is 4. The Labute approximate surface area is 554 Å². The summed E-state index contributed by atoms with van der Waals surface area (Å²) < 4.78 is 1.13. The summed E-state index contributed by atoms with van der Waals surface area (Å²) in [4.78, 5) is 69.3. The Hall–Kier alpha value is -5.77. The highest BCUT2D eigenvalue weighted by Crippen LogP contribution is 2.36. The highest BCUT2D eigenvalue weighted by molar-refractivity contribution is 14.1. The van der Waals surface area contributed by atoms with Crippen LogP contribution < -0.4 is 25.2 Å². The first kappa shape index (κ1) is 67.2. The minimum Gasteiger partial charge on any atom is -0.340 e. The number of rotatable bonds is 10. The maximum Gasteiger partial charge on any atom is 0.266 e. The van der Waals surface area contributed by atoms with E-state index in [0.29, 0.717) is 53.7 Å². The van der Waals surface area contributed by atoms with Gasteiger partial charge in [0.25, 0.3) is 5.56 Å². The molecule has 0 atom stereocenters. The molecule has 4 fully saturated rings. The van der Waals surface area contributed by atoms with E-state index in [1.807, 2.05) is 50.5 Å². The van der Waals surface area contributed by atoms with E-state index in [9.17, 15) is 4.79 Å². The number of hydrogen-bond donors (Lipinski definition) is 1. The molecule has 454 valence electrons. The molecule has 4 aliphatic heterocycles. The first-order valence-electron chi connectivity index (χ1n) is 27.7. The van der Waals surface area contributed by atoms with Crippen molar-refractivity contribution in [2.45, 2.75) is 43.2 Å². The minimum atomic E-state index is -0.176. The third-order valence-corrected chi connectivity index (χ3v) is 19.8. The first-order valence-corrected chi connectivity index (χ1v) is 32.7. The number of H-pyrrole nitrogens is 1. The van der Waals surface area contributed by atoms with E-state index in [1.54, 1.807) is 66.6 Å². The van der Waals surface area contributed by atoms with E-state index in [2.05, 4.69) is 136 Å². The monoisotopic (exact) mass is 1420 g/mol. The van der Waals surface area contributed by atoms with Crippen LogP contribution in [0.3, 0.4) is 0 Å². The Morgan fingerprint density at radius 2 is 0.805 bits per heavy atom. The second kappa shape index (κ2) is 32.6. The predicted molar refractivity (Wildman–Crippen MR) is 358 cm³/mol. The van der Waals surface area contributed by atoms with Crippen molar-refractivity contribution >= 4 is 128 Å². The van der Waals surface area contributed by atoms with Crippen molar-refractivity contribution in [1.82, 2.24) is 59.5 Å². The Kier molecular flexibility index (Phi) is 25.2. The van der Waals surface area contributed by atoms with Crippen molar-refractivity contribution in [3.63, 3.8) is 0 Å². The largest absolute Gasteiger partial charge is 0.340 e. The van der Waals surface area contributed by atoms with Gasteiger partial charge in [0.15, 0.2) is 0 Å². The molecule has 0 bridgehead atoms. The molecule has 0 saturated carbocycles. The molecule has 3 aromatic carbocycles. The molecule has 87 heavy (non-hydrogen) atoms. The quantitative estimate of drug-likeness (QED) is 0.0994. The molecule has 4 aliphatic rings. The van der Waals surface area contributed by atoms with Crippen LogP contribution in [-0.2, 0) is 0 Å². The number of aromatic nitrogens is 8. The van der Waals surface area contributed by atoms with E-state index in [0.717, 1.165) is 156 Å². The van der Waals surface area contributed by atoms with Gasteiger partial charge in [-0.05, 0) is 119 Å².